The number of halogens is 1. The Morgan fingerprint density at radius 1 is 1.37 bits per heavy atom. The summed E-state index contributed by atoms with van der Waals surface area (Å²) >= 11 is 6.22. The van der Waals surface area contributed by atoms with Gasteiger partial charge in [-0.1, -0.05) is 17.7 Å². The van der Waals surface area contributed by atoms with E-state index in [1.165, 1.54) is 8.99 Å². The molecule has 2 aromatic rings. The maximum Gasteiger partial charge on any atom is 0.248 e. The molecule has 9 heteroatoms. The third-order valence-electron chi connectivity index (χ3n) is 6.01. The van der Waals surface area contributed by atoms with E-state index in [4.69, 9.17) is 11.6 Å². The molecule has 1 saturated heterocycles. The Hall–Kier alpha value is -1.48. The molecule has 4 rings (SSSR count). The van der Waals surface area contributed by atoms with Crippen molar-refractivity contribution in [1.82, 2.24) is 19.1 Å². The van der Waals surface area contributed by atoms with Gasteiger partial charge in [-0.2, -0.15) is 9.40 Å². The van der Waals surface area contributed by atoms with Crippen LogP contribution in [-0.4, -0.2) is 45.7 Å². The number of pyridine rings is 1. The molecule has 1 saturated carbocycles. The van der Waals surface area contributed by atoms with Crippen molar-refractivity contribution in [2.45, 2.75) is 36.7 Å². The van der Waals surface area contributed by atoms with Gasteiger partial charge in [0.15, 0.2) is 0 Å². The minimum Gasteiger partial charge on any atom is -0.385 e. The lowest BCUT2D eigenvalue weighted by Gasteiger charge is -2.41. The molecule has 0 bridgehead atoms. The van der Waals surface area contributed by atoms with Crippen LogP contribution in [-0.2, 0) is 22.7 Å². The molecule has 0 amide bonds. The van der Waals surface area contributed by atoms with Crippen LogP contribution in [0.5, 0.6) is 0 Å². The predicted molar refractivity (Wildman–Crippen MR) is 101 cm³/mol. The Kier molecular flexibility index (Phi) is 4.57. The van der Waals surface area contributed by atoms with Gasteiger partial charge in [0, 0.05) is 44.0 Å². The van der Waals surface area contributed by atoms with Crippen molar-refractivity contribution in [1.29, 1.82) is 0 Å². The van der Waals surface area contributed by atoms with Gasteiger partial charge >= 0.3 is 0 Å². The molecular weight excluding hydrogens is 388 g/mol. The van der Waals surface area contributed by atoms with E-state index < -0.39 is 15.6 Å². The zero-order valence-electron chi connectivity index (χ0n) is 15.3. The fourth-order valence-corrected chi connectivity index (χ4v) is 6.92. The first-order valence-corrected chi connectivity index (χ1v) is 10.9. The molecule has 3 heterocycles. The van der Waals surface area contributed by atoms with E-state index in [0.717, 1.165) is 18.4 Å². The Balaban J connectivity index is 1.69. The maximum atomic E-state index is 13.3. The fourth-order valence-electron chi connectivity index (χ4n) is 4.69. The summed E-state index contributed by atoms with van der Waals surface area (Å²) in [6, 6.07) is 3.67. The maximum absolute atomic E-state index is 13.3. The smallest absolute Gasteiger partial charge is 0.248 e. The van der Waals surface area contributed by atoms with Crippen LogP contribution >= 0.6 is 11.6 Å². The van der Waals surface area contributed by atoms with E-state index >= 15 is 0 Å². The van der Waals surface area contributed by atoms with Gasteiger partial charge in [-0.25, -0.2) is 8.42 Å². The van der Waals surface area contributed by atoms with E-state index in [0.29, 0.717) is 18.7 Å². The molecule has 7 nitrogen and oxygen atoms in total. The Bertz CT molecular complexity index is 962. The Morgan fingerprint density at radius 2 is 2.15 bits per heavy atom. The number of rotatable bonds is 3. The third-order valence-corrected chi connectivity index (χ3v) is 8.54. The molecule has 2 fully saturated rings. The third kappa shape index (κ3) is 2.90. The van der Waals surface area contributed by atoms with Crippen LogP contribution in [0.3, 0.4) is 0 Å². The van der Waals surface area contributed by atoms with Crippen molar-refractivity contribution in [2.75, 3.05) is 13.1 Å². The molecule has 0 spiro atoms. The molecule has 27 heavy (non-hydrogen) atoms. The monoisotopic (exact) mass is 410 g/mol. The summed E-state index contributed by atoms with van der Waals surface area (Å²) in [6.45, 7) is 2.30. The zero-order valence-corrected chi connectivity index (χ0v) is 16.9. The summed E-state index contributed by atoms with van der Waals surface area (Å²) in [4.78, 5) is 4.21. The average molecular weight is 411 g/mol. The highest BCUT2D eigenvalue weighted by atomic mass is 35.5. The van der Waals surface area contributed by atoms with Crippen LogP contribution in [0.1, 0.15) is 30.5 Å². The molecule has 146 valence electrons. The van der Waals surface area contributed by atoms with Crippen LogP contribution in [0.4, 0.5) is 0 Å². The largest absolute Gasteiger partial charge is 0.385 e. The number of sulfonamides is 1. The predicted octanol–water partition coefficient (Wildman–Crippen LogP) is 2.09. The van der Waals surface area contributed by atoms with Gasteiger partial charge in [0.1, 0.15) is 10.0 Å². The van der Waals surface area contributed by atoms with E-state index in [1.807, 2.05) is 6.07 Å². The molecule has 0 radical (unpaired) electrons. The molecule has 2 aromatic heterocycles. The van der Waals surface area contributed by atoms with Crippen molar-refractivity contribution in [3.8, 4) is 0 Å². The second kappa shape index (κ2) is 6.55. The van der Waals surface area contributed by atoms with E-state index in [1.54, 1.807) is 32.4 Å². The van der Waals surface area contributed by atoms with Crippen LogP contribution in [0, 0.1) is 18.8 Å². The van der Waals surface area contributed by atoms with Gasteiger partial charge < -0.3 is 5.11 Å². The summed E-state index contributed by atoms with van der Waals surface area (Å²) in [5.41, 5.74) is 0.0873. The first-order chi connectivity index (χ1) is 12.7. The average Bonchev–Trinajstić information content (AvgIpc) is 3.19. The minimum atomic E-state index is -3.78. The lowest BCUT2D eigenvalue weighted by atomic mass is 9.68. The summed E-state index contributed by atoms with van der Waals surface area (Å²) in [5, 5.41) is 15.7. The lowest BCUT2D eigenvalue weighted by molar-refractivity contribution is -0.0643. The van der Waals surface area contributed by atoms with Crippen molar-refractivity contribution >= 4 is 21.6 Å². The quantitative estimate of drug-likeness (QED) is 0.836. The molecule has 2 aliphatic rings. The van der Waals surface area contributed by atoms with E-state index in [9.17, 15) is 13.5 Å². The highest BCUT2D eigenvalue weighted by Crippen LogP contribution is 2.49. The standard InChI is InChI=1S/C18H23ClN4O3S/c1-12-16(17(19)22(2)21-12)27(25,26)23-10-13-5-3-7-18(24,15(13)11-23)14-6-4-8-20-9-14/h4,6,8-9,13,15,24H,3,5,7,10-11H2,1-2H3. The van der Waals surface area contributed by atoms with Crippen LogP contribution in [0.15, 0.2) is 29.4 Å². The summed E-state index contributed by atoms with van der Waals surface area (Å²) in [5.74, 6) is -0.0598. The number of nitrogens with zero attached hydrogens (tertiary/aromatic N) is 4. The molecule has 1 N–H and O–H groups in total. The molecular formula is C18H23ClN4O3S. The summed E-state index contributed by atoms with van der Waals surface area (Å²) < 4.78 is 29.4. The number of aromatic nitrogens is 3. The van der Waals surface area contributed by atoms with Gasteiger partial charge in [-0.15, -0.1) is 0 Å². The van der Waals surface area contributed by atoms with Gasteiger partial charge in [0.2, 0.25) is 10.0 Å². The molecule has 1 aliphatic heterocycles. The van der Waals surface area contributed by atoms with Gasteiger partial charge in [-0.05, 0) is 38.2 Å². The number of hydrogen-bond acceptors (Lipinski definition) is 5. The molecule has 1 aliphatic carbocycles. The van der Waals surface area contributed by atoms with Gasteiger partial charge in [0.05, 0.1) is 11.3 Å². The number of aryl methyl sites for hydroxylation is 2. The highest BCUT2D eigenvalue weighted by molar-refractivity contribution is 7.89. The van der Waals surface area contributed by atoms with Crippen molar-refractivity contribution in [2.24, 2.45) is 18.9 Å². The first kappa shape index (κ1) is 18.9. The summed E-state index contributed by atoms with van der Waals surface area (Å²) in [7, 11) is -2.15. The number of aliphatic hydroxyl groups is 1. The SMILES string of the molecule is Cc1nn(C)c(Cl)c1S(=O)(=O)N1CC2CCCC(O)(c3cccnc3)C2C1. The second-order valence-corrected chi connectivity index (χ2v) is 9.81. The van der Waals surface area contributed by atoms with Gasteiger partial charge in [-0.3, -0.25) is 9.67 Å². The second-order valence-electron chi connectivity index (χ2n) is 7.58. The fraction of sp³-hybridized carbons (Fsp3) is 0.556. The van der Waals surface area contributed by atoms with Crippen molar-refractivity contribution in [3.63, 3.8) is 0 Å². The number of fused-ring (bicyclic) bond motifs is 1. The van der Waals surface area contributed by atoms with Crippen LogP contribution in [0.2, 0.25) is 5.15 Å². The normalized spacial score (nSPS) is 29.0. The van der Waals surface area contributed by atoms with Crippen molar-refractivity contribution in [3.05, 3.63) is 40.9 Å². The Morgan fingerprint density at radius 3 is 2.78 bits per heavy atom. The molecule has 3 unspecified atom stereocenters. The lowest BCUT2D eigenvalue weighted by Crippen LogP contribution is -2.43. The first-order valence-electron chi connectivity index (χ1n) is 9.07. The zero-order chi connectivity index (χ0) is 19.4. The van der Waals surface area contributed by atoms with Crippen molar-refractivity contribution < 1.29 is 13.5 Å². The topological polar surface area (TPSA) is 88.3 Å². The van der Waals surface area contributed by atoms with Crippen LogP contribution in [0.25, 0.3) is 0 Å². The Labute approximate surface area is 164 Å². The molecule has 3 atom stereocenters. The van der Waals surface area contributed by atoms with Crippen LogP contribution < -0.4 is 0 Å². The minimum absolute atomic E-state index is 0.0650. The van der Waals surface area contributed by atoms with E-state index in [-0.39, 0.29) is 28.4 Å². The van der Waals surface area contributed by atoms with E-state index in [2.05, 4.69) is 10.1 Å². The number of hydrogen-bond donors (Lipinski definition) is 1. The molecule has 0 aromatic carbocycles. The highest BCUT2D eigenvalue weighted by Gasteiger charge is 2.52. The summed E-state index contributed by atoms with van der Waals surface area (Å²) in [6.07, 6.45) is 5.72. The van der Waals surface area contributed by atoms with Gasteiger partial charge in [0.25, 0.3) is 0 Å².